The van der Waals surface area contributed by atoms with E-state index in [9.17, 15) is 31.1 Å². The topological polar surface area (TPSA) is 17.1 Å². The molecule has 2 rings (SSSR count). The molecule has 1 fully saturated rings. The molecule has 0 atom stereocenters. The van der Waals surface area contributed by atoms with Gasteiger partial charge in [0.15, 0.2) is 5.78 Å². The molecule has 19 heavy (non-hydrogen) atoms. The van der Waals surface area contributed by atoms with Gasteiger partial charge in [-0.3, -0.25) is 4.79 Å². The van der Waals surface area contributed by atoms with E-state index in [4.69, 9.17) is 0 Å². The van der Waals surface area contributed by atoms with E-state index < -0.39 is 40.7 Å². The zero-order valence-electron chi connectivity index (χ0n) is 9.40. The Kier molecular flexibility index (Phi) is 3.10. The lowest BCUT2D eigenvalue weighted by molar-refractivity contribution is -0.141. The minimum atomic E-state index is -4.84. The van der Waals surface area contributed by atoms with Gasteiger partial charge in [-0.25, -0.2) is 0 Å². The Morgan fingerprint density at radius 2 is 1.58 bits per heavy atom. The smallest absolute Gasteiger partial charge is 0.294 e. The van der Waals surface area contributed by atoms with Gasteiger partial charge in [0.1, 0.15) is 0 Å². The van der Waals surface area contributed by atoms with Gasteiger partial charge in [-0.2, -0.15) is 26.3 Å². The van der Waals surface area contributed by atoms with Crippen molar-refractivity contribution >= 4 is 5.78 Å². The van der Waals surface area contributed by atoms with E-state index >= 15 is 0 Å². The van der Waals surface area contributed by atoms with E-state index in [1.165, 1.54) is 0 Å². The molecule has 1 aliphatic rings. The highest BCUT2D eigenvalue weighted by Crippen LogP contribution is 2.40. The van der Waals surface area contributed by atoms with Crippen LogP contribution in [-0.4, -0.2) is 5.78 Å². The van der Waals surface area contributed by atoms with Crippen molar-refractivity contribution in [2.24, 2.45) is 5.92 Å². The minimum Gasteiger partial charge on any atom is -0.294 e. The number of Topliss-reactive ketones (excluding diaryl/α,β-unsaturated/α-hetero) is 1. The molecular weight excluding hydrogens is 274 g/mol. The molecule has 1 aliphatic carbocycles. The third kappa shape index (κ3) is 2.90. The van der Waals surface area contributed by atoms with Crippen molar-refractivity contribution in [3.63, 3.8) is 0 Å². The third-order valence-electron chi connectivity index (χ3n) is 2.87. The van der Waals surface area contributed by atoms with Crippen LogP contribution in [0.1, 0.15) is 34.3 Å². The molecule has 0 aromatic heterocycles. The van der Waals surface area contributed by atoms with Gasteiger partial charge in [-0.05, 0) is 31.0 Å². The summed E-state index contributed by atoms with van der Waals surface area (Å²) < 4.78 is 75.5. The van der Waals surface area contributed by atoms with E-state index in [1.54, 1.807) is 0 Å². The summed E-state index contributed by atoms with van der Waals surface area (Å²) in [5, 5.41) is 0. The van der Waals surface area contributed by atoms with E-state index in [-0.39, 0.29) is 0 Å². The molecule has 1 aromatic rings. The van der Waals surface area contributed by atoms with Crippen molar-refractivity contribution in [2.45, 2.75) is 25.2 Å². The van der Waals surface area contributed by atoms with E-state index in [0.717, 1.165) is 0 Å². The SMILES string of the molecule is O=C(c1cc(C(F)(F)F)ccc1C(F)(F)F)C1CC1. The van der Waals surface area contributed by atoms with Gasteiger partial charge in [-0.15, -0.1) is 0 Å². The second-order valence-corrected chi connectivity index (χ2v) is 4.39. The summed E-state index contributed by atoms with van der Waals surface area (Å²) in [5.41, 5.74) is -3.44. The van der Waals surface area contributed by atoms with Crippen LogP contribution < -0.4 is 0 Å². The van der Waals surface area contributed by atoms with Crippen molar-refractivity contribution in [3.8, 4) is 0 Å². The molecule has 0 saturated heterocycles. The van der Waals surface area contributed by atoms with Crippen LogP contribution in [0.3, 0.4) is 0 Å². The van der Waals surface area contributed by atoms with Crippen molar-refractivity contribution in [2.75, 3.05) is 0 Å². The van der Waals surface area contributed by atoms with Crippen LogP contribution in [0.5, 0.6) is 0 Å². The first kappa shape index (κ1) is 13.9. The van der Waals surface area contributed by atoms with E-state index in [2.05, 4.69) is 0 Å². The molecule has 0 bridgehead atoms. The lowest BCUT2D eigenvalue weighted by Crippen LogP contribution is -2.16. The molecule has 0 spiro atoms. The number of alkyl halides is 6. The van der Waals surface area contributed by atoms with E-state index in [0.29, 0.717) is 31.0 Å². The van der Waals surface area contributed by atoms with Crippen LogP contribution in [0.25, 0.3) is 0 Å². The number of ketones is 1. The average molecular weight is 282 g/mol. The average Bonchev–Trinajstić information content (AvgIpc) is 3.08. The fraction of sp³-hybridized carbons (Fsp3) is 0.417. The first-order chi connectivity index (χ1) is 8.60. The van der Waals surface area contributed by atoms with Crippen molar-refractivity contribution < 1.29 is 31.1 Å². The van der Waals surface area contributed by atoms with Crippen molar-refractivity contribution in [1.29, 1.82) is 0 Å². The minimum absolute atomic E-state index is 0.295. The second-order valence-electron chi connectivity index (χ2n) is 4.39. The molecule has 1 nitrogen and oxygen atoms in total. The highest BCUT2D eigenvalue weighted by molar-refractivity contribution is 6.00. The number of benzene rings is 1. The Morgan fingerprint density at radius 1 is 1.00 bits per heavy atom. The molecule has 104 valence electrons. The molecule has 1 aromatic carbocycles. The van der Waals surface area contributed by atoms with Gasteiger partial charge >= 0.3 is 12.4 Å². The predicted octanol–water partition coefficient (Wildman–Crippen LogP) is 4.32. The van der Waals surface area contributed by atoms with Crippen LogP contribution >= 0.6 is 0 Å². The Morgan fingerprint density at radius 3 is 2.00 bits per heavy atom. The fourth-order valence-electron chi connectivity index (χ4n) is 1.74. The summed E-state index contributed by atoms with van der Waals surface area (Å²) in [4.78, 5) is 11.7. The first-order valence-electron chi connectivity index (χ1n) is 5.43. The van der Waals surface area contributed by atoms with Crippen LogP contribution in [-0.2, 0) is 12.4 Å². The Labute approximate surface area is 104 Å². The highest BCUT2D eigenvalue weighted by atomic mass is 19.4. The van der Waals surface area contributed by atoms with Gasteiger partial charge in [0.05, 0.1) is 11.1 Å². The van der Waals surface area contributed by atoms with Gasteiger partial charge in [-0.1, -0.05) is 0 Å². The van der Waals surface area contributed by atoms with Gasteiger partial charge in [0.25, 0.3) is 0 Å². The summed E-state index contributed by atoms with van der Waals surface area (Å²) in [6.07, 6.45) is -8.77. The molecule has 0 unspecified atom stereocenters. The monoisotopic (exact) mass is 282 g/mol. The van der Waals surface area contributed by atoms with Crippen LogP contribution in [0, 0.1) is 5.92 Å². The molecule has 0 radical (unpaired) electrons. The third-order valence-corrected chi connectivity index (χ3v) is 2.87. The number of carbonyl (C=O) groups is 1. The molecule has 0 N–H and O–H groups in total. The lowest BCUT2D eigenvalue weighted by atomic mass is 9.97. The summed E-state index contributed by atoms with van der Waals surface area (Å²) >= 11 is 0. The molecule has 7 heteroatoms. The summed E-state index contributed by atoms with van der Waals surface area (Å²) in [6.45, 7) is 0. The summed E-state index contributed by atoms with van der Waals surface area (Å²) in [7, 11) is 0. The maximum Gasteiger partial charge on any atom is 0.417 e. The highest BCUT2D eigenvalue weighted by Gasteiger charge is 2.41. The largest absolute Gasteiger partial charge is 0.417 e. The predicted molar refractivity (Wildman–Crippen MR) is 53.5 cm³/mol. The summed E-state index contributed by atoms with van der Waals surface area (Å²) in [5.74, 6) is -1.44. The van der Waals surface area contributed by atoms with Gasteiger partial charge in [0, 0.05) is 11.5 Å². The molecule has 0 heterocycles. The standard InChI is InChI=1S/C12H8F6O/c13-11(14,15)7-3-4-9(12(16,17)18)8(5-7)10(19)6-1-2-6/h3-6H,1-2H2. The number of rotatable bonds is 2. The quantitative estimate of drug-likeness (QED) is 0.583. The second kappa shape index (κ2) is 4.25. The molecule has 0 aliphatic heterocycles. The van der Waals surface area contributed by atoms with Crippen molar-refractivity contribution in [3.05, 3.63) is 34.9 Å². The Bertz CT molecular complexity index is 510. The van der Waals surface area contributed by atoms with Gasteiger partial charge in [0.2, 0.25) is 0 Å². The van der Waals surface area contributed by atoms with Crippen molar-refractivity contribution in [1.82, 2.24) is 0 Å². The number of hydrogen-bond acceptors (Lipinski definition) is 1. The zero-order chi connectivity index (χ0) is 14.4. The number of halogens is 6. The zero-order valence-corrected chi connectivity index (χ0v) is 9.40. The number of carbonyl (C=O) groups excluding carboxylic acids is 1. The molecule has 0 amide bonds. The van der Waals surface area contributed by atoms with E-state index in [1.807, 2.05) is 0 Å². The van der Waals surface area contributed by atoms with Crippen LogP contribution in [0.2, 0.25) is 0 Å². The first-order valence-corrected chi connectivity index (χ1v) is 5.43. The van der Waals surface area contributed by atoms with Crippen LogP contribution in [0.4, 0.5) is 26.3 Å². The lowest BCUT2D eigenvalue weighted by Gasteiger charge is -2.14. The molecule has 1 saturated carbocycles. The maximum absolute atomic E-state index is 12.7. The number of hydrogen-bond donors (Lipinski definition) is 0. The fourth-order valence-corrected chi connectivity index (χ4v) is 1.74. The normalized spacial score (nSPS) is 16.5. The Balaban J connectivity index is 2.53. The maximum atomic E-state index is 12.7. The Hall–Kier alpha value is -1.53. The molecular formula is C12H8F6O. The van der Waals surface area contributed by atoms with Gasteiger partial charge < -0.3 is 0 Å². The van der Waals surface area contributed by atoms with Crippen LogP contribution in [0.15, 0.2) is 18.2 Å². The summed E-state index contributed by atoms with van der Waals surface area (Å²) in [6, 6.07) is 0.953.